The van der Waals surface area contributed by atoms with Gasteiger partial charge in [-0.25, -0.2) is 4.57 Å². The zero-order valence-electron chi connectivity index (χ0n) is 29.9. The number of hydrogen-bond donors (Lipinski definition) is 3. The molecule has 0 fully saturated rings. The van der Waals surface area contributed by atoms with Gasteiger partial charge in [0.05, 0.1) is 39.9 Å². The van der Waals surface area contributed by atoms with Gasteiger partial charge >= 0.3 is 7.82 Å². The number of rotatable bonds is 32. The maximum Gasteiger partial charge on any atom is 0.472 e. The number of carbonyl (C=O) groups excluding carboxylic acids is 1. The van der Waals surface area contributed by atoms with Gasteiger partial charge in [-0.2, -0.15) is 0 Å². The molecule has 0 aliphatic heterocycles. The predicted molar refractivity (Wildman–Crippen MR) is 189 cm³/mol. The molecule has 0 aliphatic carbocycles. The second kappa shape index (κ2) is 29.1. The van der Waals surface area contributed by atoms with Crippen molar-refractivity contribution in [1.82, 2.24) is 5.32 Å². The molecule has 266 valence electrons. The molecule has 3 unspecified atom stereocenters. The number of aliphatic hydroxyl groups excluding tert-OH is 1. The quantitative estimate of drug-likeness (QED) is 0.0288. The Morgan fingerprint density at radius 2 is 1.22 bits per heavy atom. The van der Waals surface area contributed by atoms with E-state index >= 15 is 0 Å². The van der Waals surface area contributed by atoms with Crippen molar-refractivity contribution in [1.29, 1.82) is 0 Å². The van der Waals surface area contributed by atoms with E-state index in [0.29, 0.717) is 17.4 Å². The van der Waals surface area contributed by atoms with Crippen molar-refractivity contribution < 1.29 is 32.9 Å². The van der Waals surface area contributed by atoms with Crippen LogP contribution in [0.2, 0.25) is 0 Å². The largest absolute Gasteiger partial charge is 0.472 e. The topological polar surface area (TPSA) is 105 Å². The van der Waals surface area contributed by atoms with Crippen LogP contribution in [0.5, 0.6) is 0 Å². The molecule has 9 heteroatoms. The van der Waals surface area contributed by atoms with Crippen molar-refractivity contribution in [2.75, 3.05) is 40.9 Å². The van der Waals surface area contributed by atoms with Gasteiger partial charge in [0.15, 0.2) is 0 Å². The highest BCUT2D eigenvalue weighted by molar-refractivity contribution is 7.47. The molecule has 0 spiro atoms. The fraction of sp³-hybridized carbons (Fsp3) is 0.861. The number of hydrogen-bond acceptors (Lipinski definition) is 5. The fourth-order valence-corrected chi connectivity index (χ4v) is 5.67. The second-order valence-electron chi connectivity index (χ2n) is 13.6. The first-order valence-electron chi connectivity index (χ1n) is 18.2. The number of allylic oxidation sites excluding steroid dienone is 3. The third-order valence-electron chi connectivity index (χ3n) is 7.92. The summed E-state index contributed by atoms with van der Waals surface area (Å²) in [5.41, 5.74) is 0. The van der Waals surface area contributed by atoms with Crippen molar-refractivity contribution in [3.8, 4) is 0 Å². The van der Waals surface area contributed by atoms with E-state index in [1.165, 1.54) is 89.9 Å². The zero-order valence-corrected chi connectivity index (χ0v) is 30.8. The Morgan fingerprint density at radius 3 is 1.78 bits per heavy atom. The van der Waals surface area contributed by atoms with Crippen LogP contribution in [0.3, 0.4) is 0 Å². The summed E-state index contributed by atoms with van der Waals surface area (Å²) >= 11 is 0. The minimum Gasteiger partial charge on any atom is -0.387 e. The minimum absolute atomic E-state index is 0.0575. The molecule has 3 atom stereocenters. The number of likely N-dealkylation sites (N-methyl/N-ethyl adjacent to an activating group) is 1. The minimum atomic E-state index is -4.33. The molecule has 8 nitrogen and oxygen atoms in total. The third kappa shape index (κ3) is 31.4. The highest BCUT2D eigenvalue weighted by Gasteiger charge is 2.27. The Balaban J connectivity index is 4.63. The molecule has 0 bridgehead atoms. The lowest BCUT2D eigenvalue weighted by Gasteiger charge is -2.25. The molecular weight excluding hydrogens is 587 g/mol. The second-order valence-corrected chi connectivity index (χ2v) is 15.0. The van der Waals surface area contributed by atoms with E-state index in [4.69, 9.17) is 9.05 Å². The van der Waals surface area contributed by atoms with Gasteiger partial charge in [-0.3, -0.25) is 13.8 Å². The van der Waals surface area contributed by atoms with Gasteiger partial charge in [-0.1, -0.05) is 134 Å². The number of amides is 1. The number of unbranched alkanes of at least 4 members (excludes halogenated alkanes) is 17. The summed E-state index contributed by atoms with van der Waals surface area (Å²) in [4.78, 5) is 22.9. The van der Waals surface area contributed by atoms with Gasteiger partial charge in [0, 0.05) is 6.42 Å². The molecule has 0 rings (SSSR count). The third-order valence-corrected chi connectivity index (χ3v) is 8.91. The molecule has 0 heterocycles. The number of nitrogens with zero attached hydrogens (tertiary/aromatic N) is 1. The van der Waals surface area contributed by atoms with Crippen molar-refractivity contribution in [3.05, 3.63) is 24.3 Å². The van der Waals surface area contributed by atoms with E-state index < -0.39 is 20.0 Å². The van der Waals surface area contributed by atoms with Crippen molar-refractivity contribution in [2.24, 2.45) is 0 Å². The van der Waals surface area contributed by atoms with Gasteiger partial charge in [-0.15, -0.1) is 0 Å². The summed E-state index contributed by atoms with van der Waals surface area (Å²) < 4.78 is 23.4. The summed E-state index contributed by atoms with van der Waals surface area (Å²) in [6.07, 6.45) is 31.0. The van der Waals surface area contributed by atoms with Crippen LogP contribution in [0, 0.1) is 0 Å². The smallest absolute Gasteiger partial charge is 0.387 e. The van der Waals surface area contributed by atoms with Gasteiger partial charge in [0.1, 0.15) is 13.2 Å². The SMILES string of the molecule is CCCCCCCCCC/C=C/CC/C=C/C(O)C(COP(=O)(O)OCC[N+](C)(C)C)NC(=O)CCCCCCCCCCC. The number of aliphatic hydroxyl groups is 1. The lowest BCUT2D eigenvalue weighted by molar-refractivity contribution is -0.870. The first kappa shape index (κ1) is 44.0. The van der Waals surface area contributed by atoms with Crippen LogP contribution in [0.15, 0.2) is 24.3 Å². The summed E-state index contributed by atoms with van der Waals surface area (Å²) in [5, 5.41) is 13.7. The Morgan fingerprint density at radius 1 is 0.733 bits per heavy atom. The van der Waals surface area contributed by atoms with Crippen LogP contribution in [-0.2, 0) is 18.4 Å². The van der Waals surface area contributed by atoms with Gasteiger partial charge < -0.3 is 19.8 Å². The lowest BCUT2D eigenvalue weighted by atomic mass is 10.1. The van der Waals surface area contributed by atoms with Crippen LogP contribution in [-0.4, -0.2) is 73.4 Å². The zero-order chi connectivity index (χ0) is 33.7. The molecule has 45 heavy (non-hydrogen) atoms. The van der Waals surface area contributed by atoms with E-state index in [9.17, 15) is 19.4 Å². The molecule has 0 saturated carbocycles. The van der Waals surface area contributed by atoms with Crippen molar-refractivity contribution in [2.45, 2.75) is 161 Å². The van der Waals surface area contributed by atoms with E-state index in [1.54, 1.807) is 6.08 Å². The van der Waals surface area contributed by atoms with Gasteiger partial charge in [0.25, 0.3) is 0 Å². The molecule has 0 aromatic heterocycles. The number of phosphoric ester groups is 1. The predicted octanol–water partition coefficient (Wildman–Crippen LogP) is 9.02. The van der Waals surface area contributed by atoms with Crippen LogP contribution >= 0.6 is 7.82 Å². The molecule has 1 amide bonds. The highest BCUT2D eigenvalue weighted by Crippen LogP contribution is 2.43. The first-order valence-corrected chi connectivity index (χ1v) is 19.7. The summed E-state index contributed by atoms with van der Waals surface area (Å²) in [6.45, 7) is 4.73. The molecule has 0 radical (unpaired) electrons. The summed E-state index contributed by atoms with van der Waals surface area (Å²) in [5.74, 6) is -0.193. The molecule has 3 N–H and O–H groups in total. The molecular formula is C36H72N2O6P+. The highest BCUT2D eigenvalue weighted by atomic mass is 31.2. The van der Waals surface area contributed by atoms with Crippen LogP contribution in [0.25, 0.3) is 0 Å². The number of quaternary nitrogens is 1. The monoisotopic (exact) mass is 660 g/mol. The van der Waals surface area contributed by atoms with Crippen LogP contribution in [0.1, 0.15) is 149 Å². The van der Waals surface area contributed by atoms with E-state index in [1.807, 2.05) is 27.2 Å². The van der Waals surface area contributed by atoms with Crippen LogP contribution < -0.4 is 5.32 Å². The van der Waals surface area contributed by atoms with E-state index in [2.05, 4.69) is 31.3 Å². The first-order chi connectivity index (χ1) is 21.5. The standard InChI is InChI=1S/C36H71N2O6P/c1-6-8-10-12-14-16-17-18-19-20-22-23-25-27-29-35(39)34(33-44-45(41,42)43-32-31-38(3,4)5)37-36(40)30-28-26-24-21-15-13-11-9-7-2/h20,22,27,29,34-35,39H,6-19,21,23-26,28,30-33H2,1-5H3,(H-,37,40,41,42)/p+1/b22-20+,29-27+. The maximum atomic E-state index is 12.7. The Bertz CT molecular complexity index is 799. The molecule has 0 aromatic carbocycles. The average molecular weight is 660 g/mol. The number of phosphoric acid groups is 1. The van der Waals surface area contributed by atoms with Crippen LogP contribution in [0.4, 0.5) is 0 Å². The Kier molecular flexibility index (Phi) is 28.5. The van der Waals surface area contributed by atoms with Crippen molar-refractivity contribution >= 4 is 13.7 Å². The summed E-state index contributed by atoms with van der Waals surface area (Å²) in [7, 11) is 1.55. The normalized spacial score (nSPS) is 15.1. The van der Waals surface area contributed by atoms with Gasteiger partial charge in [-0.05, 0) is 32.1 Å². The lowest BCUT2D eigenvalue weighted by Crippen LogP contribution is -2.45. The molecule has 0 aromatic rings. The Hall–Kier alpha value is -1.02. The summed E-state index contributed by atoms with van der Waals surface area (Å²) in [6, 6.07) is -0.854. The number of carbonyl (C=O) groups is 1. The molecule has 0 saturated heterocycles. The Labute approximate surface area is 277 Å². The number of nitrogens with one attached hydrogen (secondary N) is 1. The fourth-order valence-electron chi connectivity index (χ4n) is 4.94. The average Bonchev–Trinajstić information content (AvgIpc) is 2.97. The maximum absolute atomic E-state index is 12.7. The van der Waals surface area contributed by atoms with E-state index in [-0.39, 0.29) is 19.1 Å². The van der Waals surface area contributed by atoms with Crippen molar-refractivity contribution in [3.63, 3.8) is 0 Å². The van der Waals surface area contributed by atoms with Gasteiger partial charge in [0.2, 0.25) is 5.91 Å². The van der Waals surface area contributed by atoms with E-state index in [0.717, 1.165) is 38.5 Å². The molecule has 0 aliphatic rings.